The molecule has 4 rings (SSSR count). The van der Waals surface area contributed by atoms with Gasteiger partial charge in [-0.3, -0.25) is 4.79 Å². The molecule has 0 radical (unpaired) electrons. The number of benzene rings is 2. The molecule has 0 fully saturated rings. The number of ether oxygens (including phenoxy) is 1. The van der Waals surface area contributed by atoms with E-state index >= 15 is 0 Å². The van der Waals surface area contributed by atoms with Crippen LogP contribution in [0.1, 0.15) is 54.8 Å². The first-order chi connectivity index (χ1) is 16.5. The lowest BCUT2D eigenvalue weighted by Gasteiger charge is -2.35. The van der Waals surface area contributed by atoms with E-state index < -0.39 is 12.0 Å². The highest BCUT2D eigenvalue weighted by Crippen LogP contribution is 2.33. The van der Waals surface area contributed by atoms with Gasteiger partial charge in [-0.15, -0.1) is 0 Å². The van der Waals surface area contributed by atoms with Crippen LogP contribution in [0.25, 0.3) is 11.5 Å². The summed E-state index contributed by atoms with van der Waals surface area (Å²) >= 11 is 0. The standard InChI is InChI=1S/C27H30N2O5/c1-3-4-10-24(30)29-15-13-19-11-12-21(17-22(19)25(29)27(31)32)33-16-14-23-18(2)34-26(28-23)20-8-6-5-7-9-20/h5-9,11-12,17,25H,3-4,10,13-16H2,1-2H3,(H,31,32). The van der Waals surface area contributed by atoms with Gasteiger partial charge in [0, 0.05) is 24.9 Å². The van der Waals surface area contributed by atoms with Crippen molar-refractivity contribution in [1.29, 1.82) is 0 Å². The van der Waals surface area contributed by atoms with E-state index in [-0.39, 0.29) is 5.91 Å². The molecule has 7 heteroatoms. The summed E-state index contributed by atoms with van der Waals surface area (Å²) in [5, 5.41) is 9.92. The van der Waals surface area contributed by atoms with Crippen molar-refractivity contribution < 1.29 is 23.8 Å². The highest BCUT2D eigenvalue weighted by molar-refractivity contribution is 5.85. The molecule has 1 aliphatic rings. The minimum Gasteiger partial charge on any atom is -0.493 e. The summed E-state index contributed by atoms with van der Waals surface area (Å²) < 4.78 is 11.8. The van der Waals surface area contributed by atoms with Gasteiger partial charge in [-0.1, -0.05) is 37.6 Å². The lowest BCUT2D eigenvalue weighted by Crippen LogP contribution is -2.43. The third kappa shape index (κ3) is 5.14. The number of aliphatic carboxylic acids is 1. The number of nitrogens with zero attached hydrogens (tertiary/aromatic N) is 2. The van der Waals surface area contributed by atoms with Crippen LogP contribution in [0.3, 0.4) is 0 Å². The number of fused-ring (bicyclic) bond motifs is 1. The number of hydrogen-bond acceptors (Lipinski definition) is 5. The van der Waals surface area contributed by atoms with Crippen LogP contribution in [0, 0.1) is 6.92 Å². The van der Waals surface area contributed by atoms with Crippen LogP contribution in [0.5, 0.6) is 5.75 Å². The fraction of sp³-hybridized carbons (Fsp3) is 0.370. The molecule has 2 heterocycles. The van der Waals surface area contributed by atoms with Crippen molar-refractivity contribution >= 4 is 11.9 Å². The second-order valence-electron chi connectivity index (χ2n) is 8.53. The van der Waals surface area contributed by atoms with Gasteiger partial charge in [0.25, 0.3) is 0 Å². The number of aryl methyl sites for hydroxylation is 1. The van der Waals surface area contributed by atoms with E-state index in [1.807, 2.05) is 56.3 Å². The quantitative estimate of drug-likeness (QED) is 0.483. The predicted molar refractivity (Wildman–Crippen MR) is 128 cm³/mol. The topological polar surface area (TPSA) is 92.9 Å². The maximum Gasteiger partial charge on any atom is 0.331 e. The van der Waals surface area contributed by atoms with E-state index in [9.17, 15) is 14.7 Å². The Balaban J connectivity index is 1.45. The van der Waals surface area contributed by atoms with Gasteiger partial charge in [0.2, 0.25) is 11.8 Å². The normalized spacial score (nSPS) is 15.1. The third-order valence-corrected chi connectivity index (χ3v) is 6.17. The Kier molecular flexibility index (Phi) is 7.30. The monoisotopic (exact) mass is 462 g/mol. The van der Waals surface area contributed by atoms with Crippen LogP contribution in [0.2, 0.25) is 0 Å². The number of amides is 1. The van der Waals surface area contributed by atoms with Gasteiger partial charge in [-0.2, -0.15) is 0 Å². The van der Waals surface area contributed by atoms with Gasteiger partial charge >= 0.3 is 5.97 Å². The first-order valence-corrected chi connectivity index (χ1v) is 11.8. The molecule has 0 aliphatic carbocycles. The zero-order valence-electron chi connectivity index (χ0n) is 19.6. The highest BCUT2D eigenvalue weighted by Gasteiger charge is 2.35. The molecule has 1 amide bonds. The Morgan fingerprint density at radius 1 is 1.21 bits per heavy atom. The van der Waals surface area contributed by atoms with E-state index in [1.54, 1.807) is 6.07 Å². The molecule has 1 aliphatic heterocycles. The van der Waals surface area contributed by atoms with Gasteiger partial charge in [-0.25, -0.2) is 9.78 Å². The van der Waals surface area contributed by atoms with Crippen LogP contribution in [-0.4, -0.2) is 40.0 Å². The number of carboxylic acids is 1. The lowest BCUT2D eigenvalue weighted by molar-refractivity contribution is -0.151. The van der Waals surface area contributed by atoms with Gasteiger partial charge in [-0.05, 0) is 55.2 Å². The van der Waals surface area contributed by atoms with Gasteiger partial charge in [0.1, 0.15) is 11.5 Å². The number of unbranched alkanes of at least 4 members (excludes halogenated alkanes) is 1. The van der Waals surface area contributed by atoms with E-state index in [1.165, 1.54) is 4.90 Å². The number of hydrogen-bond donors (Lipinski definition) is 1. The van der Waals surface area contributed by atoms with Crippen molar-refractivity contribution in [2.24, 2.45) is 0 Å². The molecule has 0 saturated heterocycles. The molecule has 1 aromatic heterocycles. The number of rotatable bonds is 9. The van der Waals surface area contributed by atoms with Crippen molar-refractivity contribution in [2.45, 2.75) is 52.0 Å². The molecule has 1 unspecified atom stereocenters. The average molecular weight is 463 g/mol. The Morgan fingerprint density at radius 3 is 2.74 bits per heavy atom. The second kappa shape index (κ2) is 10.5. The molecule has 3 aromatic rings. The van der Waals surface area contributed by atoms with E-state index in [0.717, 1.165) is 35.4 Å². The first-order valence-electron chi connectivity index (χ1n) is 11.8. The number of oxazole rings is 1. The average Bonchev–Trinajstić information content (AvgIpc) is 3.22. The van der Waals surface area contributed by atoms with Crippen LogP contribution in [0.4, 0.5) is 0 Å². The van der Waals surface area contributed by atoms with Crippen LogP contribution >= 0.6 is 0 Å². The number of carboxylic acid groups (broad SMARTS) is 1. The second-order valence-corrected chi connectivity index (χ2v) is 8.53. The summed E-state index contributed by atoms with van der Waals surface area (Å²) in [7, 11) is 0. The van der Waals surface area contributed by atoms with Crippen LogP contribution in [-0.2, 0) is 22.4 Å². The lowest BCUT2D eigenvalue weighted by atomic mass is 9.92. The van der Waals surface area contributed by atoms with Crippen molar-refractivity contribution in [2.75, 3.05) is 13.2 Å². The van der Waals surface area contributed by atoms with Crippen molar-refractivity contribution in [1.82, 2.24) is 9.88 Å². The Hall–Kier alpha value is -3.61. The van der Waals surface area contributed by atoms with Crippen LogP contribution < -0.4 is 4.74 Å². The van der Waals surface area contributed by atoms with E-state index in [0.29, 0.717) is 49.6 Å². The van der Waals surface area contributed by atoms with Crippen molar-refractivity contribution in [3.8, 4) is 17.2 Å². The number of aromatic nitrogens is 1. The molecule has 1 atom stereocenters. The molecule has 7 nitrogen and oxygen atoms in total. The predicted octanol–water partition coefficient (Wildman–Crippen LogP) is 4.97. The molecule has 0 spiro atoms. The first kappa shape index (κ1) is 23.5. The Bertz CT molecular complexity index is 1160. The summed E-state index contributed by atoms with van der Waals surface area (Å²) in [6.45, 7) is 4.69. The van der Waals surface area contributed by atoms with Gasteiger partial charge in [0.05, 0.1) is 12.3 Å². The maximum absolute atomic E-state index is 12.6. The smallest absolute Gasteiger partial charge is 0.331 e. The summed E-state index contributed by atoms with van der Waals surface area (Å²) in [5.74, 6) is 0.785. The molecule has 0 bridgehead atoms. The summed E-state index contributed by atoms with van der Waals surface area (Å²) in [6, 6.07) is 14.3. The van der Waals surface area contributed by atoms with E-state index in [4.69, 9.17) is 9.15 Å². The number of carbonyl (C=O) groups excluding carboxylic acids is 1. The molecule has 178 valence electrons. The SMILES string of the molecule is CCCCC(=O)N1CCc2ccc(OCCc3nc(-c4ccccc4)oc3C)cc2C1C(=O)O. The third-order valence-electron chi connectivity index (χ3n) is 6.17. The fourth-order valence-corrected chi connectivity index (χ4v) is 4.32. The minimum atomic E-state index is -1.02. The summed E-state index contributed by atoms with van der Waals surface area (Å²) in [6.07, 6.45) is 3.21. The molecular weight excluding hydrogens is 432 g/mol. The number of carbonyl (C=O) groups is 2. The van der Waals surface area contributed by atoms with Crippen molar-refractivity contribution in [3.63, 3.8) is 0 Å². The van der Waals surface area contributed by atoms with Gasteiger partial charge in [0.15, 0.2) is 6.04 Å². The Labute approximate surface area is 199 Å². The Morgan fingerprint density at radius 2 is 2.00 bits per heavy atom. The van der Waals surface area contributed by atoms with Crippen LogP contribution in [0.15, 0.2) is 52.9 Å². The summed E-state index contributed by atoms with van der Waals surface area (Å²) in [4.78, 5) is 30.9. The van der Waals surface area contributed by atoms with Gasteiger partial charge < -0.3 is 19.2 Å². The molecular formula is C27H30N2O5. The molecule has 1 N–H and O–H groups in total. The fourth-order valence-electron chi connectivity index (χ4n) is 4.32. The molecule has 2 aromatic carbocycles. The summed E-state index contributed by atoms with van der Waals surface area (Å²) in [5.41, 5.74) is 3.32. The highest BCUT2D eigenvalue weighted by atomic mass is 16.5. The zero-order chi connectivity index (χ0) is 24.1. The molecule has 34 heavy (non-hydrogen) atoms. The van der Waals surface area contributed by atoms with Crippen molar-refractivity contribution in [3.05, 3.63) is 71.1 Å². The van der Waals surface area contributed by atoms with E-state index in [2.05, 4.69) is 4.98 Å². The molecule has 0 saturated carbocycles. The maximum atomic E-state index is 12.6. The minimum absolute atomic E-state index is 0.109. The zero-order valence-corrected chi connectivity index (χ0v) is 19.6. The largest absolute Gasteiger partial charge is 0.493 e.